The average Bonchev–Trinajstić information content (AvgIpc) is 3.31. The zero-order chi connectivity index (χ0) is 18.8. The number of allylic oxidation sites excluding steroid dienone is 1. The van der Waals surface area contributed by atoms with Crippen molar-refractivity contribution in [1.29, 1.82) is 5.26 Å². The fourth-order valence-corrected chi connectivity index (χ4v) is 3.11. The molecule has 0 bridgehead atoms. The largest absolute Gasteiger partial charge is 0.457 e. The van der Waals surface area contributed by atoms with Crippen LogP contribution in [0.25, 0.3) is 28.3 Å². The lowest BCUT2D eigenvalue weighted by Gasteiger charge is -1.99. The lowest BCUT2D eigenvalue weighted by atomic mass is 10.2. The van der Waals surface area contributed by atoms with Crippen molar-refractivity contribution in [2.75, 3.05) is 0 Å². The molecule has 4 nitrogen and oxygen atoms in total. The Balaban J connectivity index is 1.61. The summed E-state index contributed by atoms with van der Waals surface area (Å²) in [6, 6.07) is 20.4. The number of halogens is 1. The van der Waals surface area contributed by atoms with Crippen LogP contribution in [0.2, 0.25) is 5.02 Å². The van der Waals surface area contributed by atoms with Gasteiger partial charge in [0.25, 0.3) is 5.91 Å². The van der Waals surface area contributed by atoms with Crippen molar-refractivity contribution in [2.45, 2.75) is 0 Å². The van der Waals surface area contributed by atoms with Gasteiger partial charge in [0, 0.05) is 28.2 Å². The van der Waals surface area contributed by atoms with Crippen LogP contribution in [-0.2, 0) is 0 Å². The Kier molecular flexibility index (Phi) is 4.37. The molecule has 0 radical (unpaired) electrons. The van der Waals surface area contributed by atoms with Crippen LogP contribution in [0.1, 0.15) is 16.1 Å². The highest BCUT2D eigenvalue weighted by Gasteiger charge is 2.11. The molecule has 130 valence electrons. The van der Waals surface area contributed by atoms with Gasteiger partial charge in [-0.3, -0.25) is 9.36 Å². The average molecular weight is 373 g/mol. The Morgan fingerprint density at radius 1 is 1.11 bits per heavy atom. The highest BCUT2D eigenvalue weighted by Crippen LogP contribution is 2.25. The van der Waals surface area contributed by atoms with E-state index in [1.807, 2.05) is 48.5 Å². The summed E-state index contributed by atoms with van der Waals surface area (Å²) in [5, 5.41) is 10.6. The number of aromatic nitrogens is 1. The number of furan rings is 1. The highest BCUT2D eigenvalue weighted by atomic mass is 35.5. The Bertz CT molecular complexity index is 1220. The van der Waals surface area contributed by atoms with Crippen LogP contribution in [-0.4, -0.2) is 10.5 Å². The predicted molar refractivity (Wildman–Crippen MR) is 105 cm³/mol. The van der Waals surface area contributed by atoms with Gasteiger partial charge in [0.1, 0.15) is 17.6 Å². The van der Waals surface area contributed by atoms with E-state index in [1.165, 1.54) is 10.6 Å². The first-order valence-electron chi connectivity index (χ1n) is 8.24. The van der Waals surface area contributed by atoms with Gasteiger partial charge >= 0.3 is 0 Å². The number of para-hydroxylation sites is 1. The number of carbonyl (C=O) groups excluding carboxylic acids is 1. The molecule has 4 aromatic rings. The van der Waals surface area contributed by atoms with Crippen molar-refractivity contribution < 1.29 is 9.21 Å². The van der Waals surface area contributed by atoms with Crippen LogP contribution in [0, 0.1) is 11.3 Å². The molecule has 0 aliphatic heterocycles. The fraction of sp³-hybridized carbons (Fsp3) is 0. The highest BCUT2D eigenvalue weighted by molar-refractivity contribution is 6.30. The summed E-state index contributed by atoms with van der Waals surface area (Å²) in [6.07, 6.45) is 4.59. The summed E-state index contributed by atoms with van der Waals surface area (Å²) in [6.45, 7) is 0. The van der Waals surface area contributed by atoms with Gasteiger partial charge in [0.05, 0.1) is 11.1 Å². The van der Waals surface area contributed by atoms with E-state index in [1.54, 1.807) is 24.4 Å². The molecular formula is C22H13ClN2O2. The van der Waals surface area contributed by atoms with Crippen molar-refractivity contribution >= 4 is 34.5 Å². The maximum absolute atomic E-state index is 12.6. The minimum atomic E-state index is -0.256. The second-order valence-corrected chi connectivity index (χ2v) is 6.36. The van der Waals surface area contributed by atoms with E-state index in [-0.39, 0.29) is 5.91 Å². The monoisotopic (exact) mass is 372 g/mol. The molecule has 0 N–H and O–H groups in total. The van der Waals surface area contributed by atoms with Crippen molar-refractivity contribution in [1.82, 2.24) is 4.57 Å². The second kappa shape index (κ2) is 6.99. The normalized spacial score (nSPS) is 11.1. The third-order valence-corrected chi connectivity index (χ3v) is 4.43. The maximum atomic E-state index is 12.6. The molecule has 2 aromatic heterocycles. The number of hydrogen-bond donors (Lipinski definition) is 0. The SMILES string of the molecule is N#Cc1cn(C(=O)/C=C/c2ccc(-c3cccc(Cl)c3)o2)c2ccccc12. The molecule has 0 fully saturated rings. The van der Waals surface area contributed by atoms with Crippen LogP contribution >= 0.6 is 11.6 Å². The van der Waals surface area contributed by atoms with E-state index in [9.17, 15) is 10.1 Å². The van der Waals surface area contributed by atoms with E-state index in [4.69, 9.17) is 16.0 Å². The summed E-state index contributed by atoms with van der Waals surface area (Å²) in [4.78, 5) is 12.6. The minimum Gasteiger partial charge on any atom is -0.457 e. The first-order valence-corrected chi connectivity index (χ1v) is 8.62. The topological polar surface area (TPSA) is 58.9 Å². The Morgan fingerprint density at radius 3 is 2.78 bits per heavy atom. The van der Waals surface area contributed by atoms with Gasteiger partial charge in [0.2, 0.25) is 0 Å². The molecule has 27 heavy (non-hydrogen) atoms. The molecule has 0 aliphatic rings. The third-order valence-electron chi connectivity index (χ3n) is 4.20. The summed E-state index contributed by atoms with van der Waals surface area (Å²) in [5.74, 6) is 0.964. The Hall–Kier alpha value is -3.55. The molecule has 0 atom stereocenters. The van der Waals surface area contributed by atoms with E-state index >= 15 is 0 Å². The molecule has 0 saturated carbocycles. The molecule has 0 aliphatic carbocycles. The zero-order valence-corrected chi connectivity index (χ0v) is 14.9. The molecule has 2 aromatic carbocycles. The van der Waals surface area contributed by atoms with Gasteiger partial charge < -0.3 is 4.42 Å². The van der Waals surface area contributed by atoms with E-state index in [0.29, 0.717) is 27.6 Å². The zero-order valence-electron chi connectivity index (χ0n) is 14.1. The summed E-state index contributed by atoms with van der Waals surface area (Å²) < 4.78 is 7.23. The lowest BCUT2D eigenvalue weighted by molar-refractivity contribution is 0.0974. The minimum absolute atomic E-state index is 0.256. The molecule has 2 heterocycles. The van der Waals surface area contributed by atoms with Gasteiger partial charge in [-0.1, -0.05) is 41.9 Å². The van der Waals surface area contributed by atoms with E-state index in [2.05, 4.69) is 6.07 Å². The third kappa shape index (κ3) is 3.29. The van der Waals surface area contributed by atoms with Crippen LogP contribution in [0.3, 0.4) is 0 Å². The second-order valence-electron chi connectivity index (χ2n) is 5.93. The summed E-state index contributed by atoms with van der Waals surface area (Å²) >= 11 is 6.01. The number of fused-ring (bicyclic) bond motifs is 1. The van der Waals surface area contributed by atoms with Crippen molar-refractivity contribution in [3.8, 4) is 17.4 Å². The van der Waals surface area contributed by atoms with Gasteiger partial charge in [-0.2, -0.15) is 5.26 Å². The number of carbonyl (C=O) groups is 1. The Labute approximate surface area is 160 Å². The first-order chi connectivity index (χ1) is 13.2. The maximum Gasteiger partial charge on any atom is 0.255 e. The first kappa shape index (κ1) is 16.9. The van der Waals surface area contributed by atoms with E-state index in [0.717, 1.165) is 10.9 Å². The van der Waals surface area contributed by atoms with Crippen LogP contribution in [0.5, 0.6) is 0 Å². The van der Waals surface area contributed by atoms with Crippen molar-refractivity contribution in [3.05, 3.63) is 89.3 Å². The number of benzene rings is 2. The van der Waals surface area contributed by atoms with Gasteiger partial charge in [-0.15, -0.1) is 0 Å². The smallest absolute Gasteiger partial charge is 0.255 e. The predicted octanol–water partition coefficient (Wildman–Crippen LogP) is 5.78. The molecule has 0 unspecified atom stereocenters. The molecule has 4 rings (SSSR count). The molecule has 0 saturated heterocycles. The van der Waals surface area contributed by atoms with Crippen molar-refractivity contribution in [2.24, 2.45) is 0 Å². The van der Waals surface area contributed by atoms with Gasteiger partial charge in [-0.05, 0) is 36.4 Å². The van der Waals surface area contributed by atoms with Crippen molar-refractivity contribution in [3.63, 3.8) is 0 Å². The summed E-state index contributed by atoms with van der Waals surface area (Å²) in [7, 11) is 0. The van der Waals surface area contributed by atoms with Gasteiger partial charge in [0.15, 0.2) is 0 Å². The fourth-order valence-electron chi connectivity index (χ4n) is 2.92. The lowest BCUT2D eigenvalue weighted by Crippen LogP contribution is -2.04. The van der Waals surface area contributed by atoms with Crippen LogP contribution in [0.4, 0.5) is 0 Å². The Morgan fingerprint density at radius 2 is 1.96 bits per heavy atom. The number of rotatable bonds is 3. The quantitative estimate of drug-likeness (QED) is 0.428. The molecular weight excluding hydrogens is 360 g/mol. The molecule has 0 amide bonds. The standard InChI is InChI=1S/C22H13ClN2O2/c23-17-5-3-4-15(12-17)21-10-8-18(27-21)9-11-22(26)25-14-16(13-24)19-6-1-2-7-20(19)25/h1-12,14H/b11-9+. The van der Waals surface area contributed by atoms with Crippen LogP contribution in [0.15, 0.2) is 77.4 Å². The summed E-state index contributed by atoms with van der Waals surface area (Å²) in [5.41, 5.74) is 2.03. The molecule has 5 heteroatoms. The molecule has 0 spiro atoms. The van der Waals surface area contributed by atoms with E-state index < -0.39 is 0 Å². The number of nitriles is 1. The number of nitrogens with zero attached hydrogens (tertiary/aromatic N) is 2. The van der Waals surface area contributed by atoms with Crippen LogP contribution < -0.4 is 0 Å². The van der Waals surface area contributed by atoms with Gasteiger partial charge in [-0.25, -0.2) is 0 Å². The number of hydrogen-bond acceptors (Lipinski definition) is 3.